The van der Waals surface area contributed by atoms with Gasteiger partial charge in [0.1, 0.15) is 0 Å². The van der Waals surface area contributed by atoms with Gasteiger partial charge in [-0.2, -0.15) is 4.98 Å². The molecule has 2 heterocycles. The quantitative estimate of drug-likeness (QED) is 0.726. The first kappa shape index (κ1) is 16.4. The summed E-state index contributed by atoms with van der Waals surface area (Å²) in [5.74, 6) is 1.59. The largest absolute Gasteiger partial charge is 0.383 e. The summed E-state index contributed by atoms with van der Waals surface area (Å²) >= 11 is 0. The van der Waals surface area contributed by atoms with Gasteiger partial charge in [-0.3, -0.25) is 9.80 Å². The van der Waals surface area contributed by atoms with E-state index < -0.39 is 0 Å². The molecule has 6 heteroatoms. The van der Waals surface area contributed by atoms with Gasteiger partial charge in [0.15, 0.2) is 5.82 Å². The fraction of sp³-hybridized carbons (Fsp3) is 0.867. The zero-order chi connectivity index (χ0) is 15.1. The second-order valence-electron chi connectivity index (χ2n) is 5.82. The van der Waals surface area contributed by atoms with Gasteiger partial charge in [0.25, 0.3) is 0 Å². The molecule has 1 atom stereocenters. The van der Waals surface area contributed by atoms with Crippen LogP contribution >= 0.6 is 0 Å². The maximum Gasteiger partial charge on any atom is 0.226 e. The Morgan fingerprint density at radius 1 is 1.38 bits per heavy atom. The monoisotopic (exact) mass is 296 g/mol. The molecule has 1 saturated heterocycles. The summed E-state index contributed by atoms with van der Waals surface area (Å²) in [5, 5.41) is 4.10. The standard InChI is InChI=1S/C15H28N4O2/c1-4-5-6-15-16-14(17-21-15)12-18-7-8-19(9-10-20-3)13(2)11-18/h13H,4-12H2,1-3H3/t13-/m1/s1. The van der Waals surface area contributed by atoms with Crippen LogP contribution in [0.15, 0.2) is 4.52 Å². The van der Waals surface area contributed by atoms with Crippen molar-refractivity contribution in [3.63, 3.8) is 0 Å². The van der Waals surface area contributed by atoms with Gasteiger partial charge in [-0.1, -0.05) is 18.5 Å². The Labute approximate surface area is 127 Å². The maximum atomic E-state index is 5.29. The Morgan fingerprint density at radius 3 is 2.95 bits per heavy atom. The van der Waals surface area contributed by atoms with Crippen molar-refractivity contribution in [2.45, 2.75) is 45.7 Å². The van der Waals surface area contributed by atoms with Gasteiger partial charge in [-0.25, -0.2) is 0 Å². The molecule has 0 spiro atoms. The number of aromatic nitrogens is 2. The SMILES string of the molecule is CCCCc1nc(CN2CCN(CCOC)[C@H](C)C2)no1. The number of ether oxygens (including phenoxy) is 1. The Balaban J connectivity index is 1.78. The molecule has 0 radical (unpaired) electrons. The topological polar surface area (TPSA) is 54.6 Å². The molecule has 120 valence electrons. The number of aryl methyl sites for hydroxylation is 1. The van der Waals surface area contributed by atoms with E-state index in [1.807, 2.05) is 0 Å². The first-order valence-corrected chi connectivity index (χ1v) is 7.99. The zero-order valence-corrected chi connectivity index (χ0v) is 13.5. The summed E-state index contributed by atoms with van der Waals surface area (Å²) < 4.78 is 10.5. The van der Waals surface area contributed by atoms with Crippen molar-refractivity contribution >= 4 is 0 Å². The normalized spacial score (nSPS) is 21.0. The van der Waals surface area contributed by atoms with Gasteiger partial charge in [0.2, 0.25) is 5.89 Å². The molecule has 1 aromatic rings. The van der Waals surface area contributed by atoms with Crippen LogP contribution < -0.4 is 0 Å². The summed E-state index contributed by atoms with van der Waals surface area (Å²) in [6, 6.07) is 0.542. The highest BCUT2D eigenvalue weighted by atomic mass is 16.5. The fourth-order valence-corrected chi connectivity index (χ4v) is 2.74. The highest BCUT2D eigenvalue weighted by Gasteiger charge is 2.24. The molecular weight excluding hydrogens is 268 g/mol. The van der Waals surface area contributed by atoms with Crippen molar-refractivity contribution in [1.82, 2.24) is 19.9 Å². The van der Waals surface area contributed by atoms with E-state index in [0.717, 1.165) is 70.3 Å². The van der Waals surface area contributed by atoms with Crippen molar-refractivity contribution in [3.05, 3.63) is 11.7 Å². The lowest BCUT2D eigenvalue weighted by Gasteiger charge is -2.39. The van der Waals surface area contributed by atoms with Crippen LogP contribution in [0.3, 0.4) is 0 Å². The number of piperazine rings is 1. The smallest absolute Gasteiger partial charge is 0.226 e. The van der Waals surface area contributed by atoms with Crippen LogP contribution in [-0.4, -0.2) is 65.9 Å². The minimum absolute atomic E-state index is 0.542. The predicted molar refractivity (Wildman–Crippen MR) is 81.1 cm³/mol. The average Bonchev–Trinajstić information content (AvgIpc) is 2.92. The highest BCUT2D eigenvalue weighted by molar-refractivity contribution is 4.89. The summed E-state index contributed by atoms with van der Waals surface area (Å²) in [4.78, 5) is 9.36. The number of hydrogen-bond donors (Lipinski definition) is 0. The molecule has 0 bridgehead atoms. The van der Waals surface area contributed by atoms with Crippen molar-refractivity contribution in [1.29, 1.82) is 0 Å². The molecule has 0 saturated carbocycles. The van der Waals surface area contributed by atoms with Crippen LogP contribution in [0.2, 0.25) is 0 Å². The average molecular weight is 296 g/mol. The van der Waals surface area contributed by atoms with Gasteiger partial charge >= 0.3 is 0 Å². The van der Waals surface area contributed by atoms with E-state index in [9.17, 15) is 0 Å². The molecule has 0 aromatic carbocycles. The summed E-state index contributed by atoms with van der Waals surface area (Å²) in [7, 11) is 1.76. The van der Waals surface area contributed by atoms with E-state index in [2.05, 4.69) is 33.8 Å². The molecule has 1 aliphatic rings. The van der Waals surface area contributed by atoms with E-state index in [1.165, 1.54) is 0 Å². The second kappa shape index (κ2) is 8.46. The molecule has 0 N–H and O–H groups in total. The van der Waals surface area contributed by atoms with E-state index in [-0.39, 0.29) is 0 Å². The van der Waals surface area contributed by atoms with Crippen molar-refractivity contribution in [2.24, 2.45) is 0 Å². The molecule has 21 heavy (non-hydrogen) atoms. The summed E-state index contributed by atoms with van der Waals surface area (Å²) in [5.41, 5.74) is 0. The molecule has 2 rings (SSSR count). The van der Waals surface area contributed by atoms with E-state index in [4.69, 9.17) is 9.26 Å². The minimum Gasteiger partial charge on any atom is -0.383 e. The van der Waals surface area contributed by atoms with Crippen molar-refractivity contribution in [2.75, 3.05) is 39.9 Å². The Kier molecular flexibility index (Phi) is 6.60. The molecule has 1 fully saturated rings. The number of nitrogens with zero attached hydrogens (tertiary/aromatic N) is 4. The third-order valence-electron chi connectivity index (χ3n) is 4.05. The third kappa shape index (κ3) is 5.05. The Morgan fingerprint density at radius 2 is 2.24 bits per heavy atom. The molecule has 0 unspecified atom stereocenters. The van der Waals surface area contributed by atoms with Gasteiger partial charge < -0.3 is 9.26 Å². The molecular formula is C15H28N4O2. The molecule has 0 amide bonds. The van der Waals surface area contributed by atoms with Crippen molar-refractivity contribution in [3.8, 4) is 0 Å². The number of rotatable bonds is 8. The first-order chi connectivity index (χ1) is 10.2. The van der Waals surface area contributed by atoms with E-state index >= 15 is 0 Å². The van der Waals surface area contributed by atoms with Crippen LogP contribution in [0.4, 0.5) is 0 Å². The van der Waals surface area contributed by atoms with Crippen LogP contribution in [-0.2, 0) is 17.7 Å². The summed E-state index contributed by atoms with van der Waals surface area (Å²) in [6.45, 7) is 10.2. The Hall–Kier alpha value is -0.980. The van der Waals surface area contributed by atoms with Gasteiger partial charge in [0.05, 0.1) is 13.2 Å². The lowest BCUT2D eigenvalue weighted by atomic mass is 10.2. The maximum absolute atomic E-state index is 5.29. The van der Waals surface area contributed by atoms with Crippen molar-refractivity contribution < 1.29 is 9.26 Å². The lowest BCUT2D eigenvalue weighted by molar-refractivity contribution is 0.0543. The van der Waals surface area contributed by atoms with Gasteiger partial charge in [-0.15, -0.1) is 0 Å². The zero-order valence-electron chi connectivity index (χ0n) is 13.5. The lowest BCUT2D eigenvalue weighted by Crippen LogP contribution is -2.52. The van der Waals surface area contributed by atoms with Gasteiger partial charge in [0, 0.05) is 45.8 Å². The highest BCUT2D eigenvalue weighted by Crippen LogP contribution is 2.12. The predicted octanol–water partition coefficient (Wildman–Crippen LogP) is 1.56. The molecule has 1 aromatic heterocycles. The molecule has 0 aliphatic carbocycles. The summed E-state index contributed by atoms with van der Waals surface area (Å²) in [6.07, 6.45) is 3.15. The van der Waals surface area contributed by atoms with Crippen LogP contribution in [0, 0.1) is 0 Å². The number of hydrogen-bond acceptors (Lipinski definition) is 6. The minimum atomic E-state index is 0.542. The second-order valence-corrected chi connectivity index (χ2v) is 5.82. The van der Waals surface area contributed by atoms with E-state index in [1.54, 1.807) is 7.11 Å². The van der Waals surface area contributed by atoms with Crippen LogP contribution in [0.25, 0.3) is 0 Å². The third-order valence-corrected chi connectivity index (χ3v) is 4.05. The van der Waals surface area contributed by atoms with E-state index in [0.29, 0.717) is 6.04 Å². The van der Waals surface area contributed by atoms with Crippen LogP contribution in [0.1, 0.15) is 38.4 Å². The van der Waals surface area contributed by atoms with Gasteiger partial charge in [-0.05, 0) is 13.3 Å². The van der Waals surface area contributed by atoms with Crippen LogP contribution in [0.5, 0.6) is 0 Å². The number of unbranched alkanes of at least 4 members (excludes halogenated alkanes) is 1. The fourth-order valence-electron chi connectivity index (χ4n) is 2.74. The molecule has 1 aliphatic heterocycles. The molecule has 6 nitrogen and oxygen atoms in total. The number of methoxy groups -OCH3 is 1. The Bertz CT molecular complexity index is 410. The first-order valence-electron chi connectivity index (χ1n) is 7.99.